The minimum absolute atomic E-state index is 0.280. The summed E-state index contributed by atoms with van der Waals surface area (Å²) < 4.78 is 5.76. The molecule has 2 heterocycles. The van der Waals surface area contributed by atoms with Crippen LogP contribution >= 0.6 is 0 Å². The number of aryl methyl sites for hydroxylation is 1. The lowest BCUT2D eigenvalue weighted by atomic mass is 9.99. The third-order valence-corrected chi connectivity index (χ3v) is 2.99. The third-order valence-electron chi connectivity index (χ3n) is 2.99. The zero-order valence-electron chi connectivity index (χ0n) is 9.89. The molecule has 1 aliphatic rings. The molecule has 2 unspecified atom stereocenters. The van der Waals surface area contributed by atoms with Gasteiger partial charge in [0.1, 0.15) is 0 Å². The van der Waals surface area contributed by atoms with E-state index in [1.54, 1.807) is 7.05 Å². The molecule has 90 valence electrons. The molecule has 1 N–H and O–H groups in total. The van der Waals surface area contributed by atoms with Gasteiger partial charge in [0.2, 0.25) is 0 Å². The minimum atomic E-state index is 0.280. The summed E-state index contributed by atoms with van der Waals surface area (Å²) in [4.78, 5) is 1.49. The van der Waals surface area contributed by atoms with Gasteiger partial charge in [-0.1, -0.05) is 0 Å². The second-order valence-corrected chi connectivity index (χ2v) is 4.20. The van der Waals surface area contributed by atoms with Crippen LogP contribution in [-0.4, -0.2) is 46.0 Å². The van der Waals surface area contributed by atoms with Gasteiger partial charge >= 0.3 is 0 Å². The first-order valence-corrected chi connectivity index (χ1v) is 5.81. The van der Waals surface area contributed by atoms with E-state index in [4.69, 9.17) is 4.74 Å². The summed E-state index contributed by atoms with van der Waals surface area (Å²) in [5, 5.41) is 15.3. The molecule has 1 fully saturated rings. The van der Waals surface area contributed by atoms with Crippen LogP contribution in [0.4, 0.5) is 0 Å². The van der Waals surface area contributed by atoms with Crippen molar-refractivity contribution < 1.29 is 4.74 Å². The van der Waals surface area contributed by atoms with E-state index in [1.807, 2.05) is 7.05 Å². The number of likely N-dealkylation sites (N-methyl/N-ethyl adjacent to an activating group) is 1. The Morgan fingerprint density at radius 3 is 3.00 bits per heavy atom. The van der Waals surface area contributed by atoms with Crippen molar-refractivity contribution in [3.05, 3.63) is 5.82 Å². The fraction of sp³-hybridized carbons (Fsp3) is 0.900. The molecule has 1 aliphatic heterocycles. The molecule has 0 radical (unpaired) electrons. The second-order valence-electron chi connectivity index (χ2n) is 4.20. The summed E-state index contributed by atoms with van der Waals surface area (Å²) in [5.41, 5.74) is 0. The predicted octanol–water partition coefficient (Wildman–Crippen LogP) is -0.0903. The van der Waals surface area contributed by atoms with Gasteiger partial charge in [0.15, 0.2) is 5.82 Å². The van der Waals surface area contributed by atoms with Gasteiger partial charge in [-0.2, -0.15) is 4.80 Å². The van der Waals surface area contributed by atoms with Gasteiger partial charge in [-0.3, -0.25) is 0 Å². The van der Waals surface area contributed by atoms with E-state index < -0.39 is 0 Å². The van der Waals surface area contributed by atoms with Crippen molar-refractivity contribution in [3.8, 4) is 0 Å². The number of tetrazole rings is 1. The SMILES string of the molecule is CNC(Cc1nnn(C)n1)C1CCCCO1. The first-order valence-electron chi connectivity index (χ1n) is 5.81. The molecule has 0 aromatic carbocycles. The van der Waals surface area contributed by atoms with Crippen molar-refractivity contribution in [2.45, 2.75) is 37.8 Å². The quantitative estimate of drug-likeness (QED) is 0.776. The van der Waals surface area contributed by atoms with Crippen LogP contribution in [-0.2, 0) is 18.2 Å². The molecule has 6 nitrogen and oxygen atoms in total. The second kappa shape index (κ2) is 5.36. The van der Waals surface area contributed by atoms with Crippen molar-refractivity contribution in [1.82, 2.24) is 25.5 Å². The monoisotopic (exact) mass is 225 g/mol. The Labute approximate surface area is 95.4 Å². The van der Waals surface area contributed by atoms with E-state index >= 15 is 0 Å². The molecule has 1 saturated heterocycles. The van der Waals surface area contributed by atoms with Gasteiger partial charge in [-0.25, -0.2) is 0 Å². The highest BCUT2D eigenvalue weighted by atomic mass is 16.5. The summed E-state index contributed by atoms with van der Waals surface area (Å²) in [5.74, 6) is 0.774. The lowest BCUT2D eigenvalue weighted by Gasteiger charge is -2.29. The fourth-order valence-electron chi connectivity index (χ4n) is 2.10. The Morgan fingerprint density at radius 1 is 1.56 bits per heavy atom. The third kappa shape index (κ3) is 2.76. The predicted molar refractivity (Wildman–Crippen MR) is 58.9 cm³/mol. The average molecular weight is 225 g/mol. The molecule has 0 bridgehead atoms. The van der Waals surface area contributed by atoms with E-state index in [0.29, 0.717) is 0 Å². The van der Waals surface area contributed by atoms with Crippen molar-refractivity contribution >= 4 is 0 Å². The molecule has 6 heteroatoms. The Hall–Kier alpha value is -1.01. The number of nitrogens with one attached hydrogen (secondary N) is 1. The summed E-state index contributed by atoms with van der Waals surface area (Å²) >= 11 is 0. The highest BCUT2D eigenvalue weighted by molar-refractivity contribution is 4.89. The lowest BCUT2D eigenvalue weighted by Crippen LogP contribution is -2.43. The molecule has 2 rings (SSSR count). The van der Waals surface area contributed by atoms with Crippen LogP contribution in [0.3, 0.4) is 0 Å². The number of rotatable bonds is 4. The van der Waals surface area contributed by atoms with Crippen LogP contribution in [0.25, 0.3) is 0 Å². The van der Waals surface area contributed by atoms with Gasteiger partial charge in [0.05, 0.1) is 13.2 Å². The van der Waals surface area contributed by atoms with Crippen LogP contribution in [0.2, 0.25) is 0 Å². The zero-order valence-corrected chi connectivity index (χ0v) is 9.89. The van der Waals surface area contributed by atoms with E-state index in [0.717, 1.165) is 25.3 Å². The summed E-state index contributed by atoms with van der Waals surface area (Å²) in [6.07, 6.45) is 4.59. The maximum atomic E-state index is 5.76. The van der Waals surface area contributed by atoms with Crippen molar-refractivity contribution in [1.29, 1.82) is 0 Å². The molecule has 0 amide bonds. The Balaban J connectivity index is 1.94. The van der Waals surface area contributed by atoms with Crippen molar-refractivity contribution in [2.75, 3.05) is 13.7 Å². The molecule has 0 spiro atoms. The number of nitrogens with zero attached hydrogens (tertiary/aromatic N) is 4. The highest BCUT2D eigenvalue weighted by Gasteiger charge is 2.24. The van der Waals surface area contributed by atoms with Crippen molar-refractivity contribution in [3.63, 3.8) is 0 Å². The summed E-state index contributed by atoms with van der Waals surface area (Å²) in [6.45, 7) is 0.872. The highest BCUT2D eigenvalue weighted by Crippen LogP contribution is 2.17. The van der Waals surface area contributed by atoms with Crippen LogP contribution in [0.15, 0.2) is 0 Å². The van der Waals surface area contributed by atoms with Gasteiger partial charge in [-0.05, 0) is 31.5 Å². The molecular formula is C10H19N5O. The molecule has 16 heavy (non-hydrogen) atoms. The Bertz CT molecular complexity index is 321. The summed E-state index contributed by atoms with van der Waals surface area (Å²) in [7, 11) is 3.74. The molecular weight excluding hydrogens is 206 g/mol. The first kappa shape index (κ1) is 11.5. The zero-order chi connectivity index (χ0) is 11.4. The van der Waals surface area contributed by atoms with Crippen LogP contribution in [0.5, 0.6) is 0 Å². The topological polar surface area (TPSA) is 64.9 Å². The van der Waals surface area contributed by atoms with E-state index in [-0.39, 0.29) is 12.1 Å². The smallest absolute Gasteiger partial charge is 0.176 e. The number of hydrogen-bond donors (Lipinski definition) is 1. The van der Waals surface area contributed by atoms with Crippen molar-refractivity contribution in [2.24, 2.45) is 7.05 Å². The number of ether oxygens (including phenoxy) is 1. The average Bonchev–Trinajstić information content (AvgIpc) is 2.73. The molecule has 0 aliphatic carbocycles. The number of hydrogen-bond acceptors (Lipinski definition) is 5. The van der Waals surface area contributed by atoms with E-state index in [9.17, 15) is 0 Å². The lowest BCUT2D eigenvalue weighted by molar-refractivity contribution is -0.00626. The van der Waals surface area contributed by atoms with E-state index in [2.05, 4.69) is 20.7 Å². The van der Waals surface area contributed by atoms with Gasteiger partial charge in [0.25, 0.3) is 0 Å². The van der Waals surface area contributed by atoms with Crippen LogP contribution in [0, 0.1) is 0 Å². The Kier molecular flexibility index (Phi) is 3.84. The maximum absolute atomic E-state index is 5.76. The molecule has 1 aromatic rings. The maximum Gasteiger partial charge on any atom is 0.176 e. The Morgan fingerprint density at radius 2 is 2.44 bits per heavy atom. The van der Waals surface area contributed by atoms with Gasteiger partial charge in [0, 0.05) is 19.1 Å². The van der Waals surface area contributed by atoms with Gasteiger partial charge in [-0.15, -0.1) is 10.2 Å². The minimum Gasteiger partial charge on any atom is -0.377 e. The fourth-order valence-corrected chi connectivity index (χ4v) is 2.10. The normalized spacial score (nSPS) is 23.2. The molecule has 0 saturated carbocycles. The number of aromatic nitrogens is 4. The summed E-state index contributed by atoms with van der Waals surface area (Å²) in [6, 6.07) is 0.282. The largest absolute Gasteiger partial charge is 0.377 e. The van der Waals surface area contributed by atoms with Crippen LogP contribution < -0.4 is 5.32 Å². The standard InChI is InChI=1S/C10H19N5O/c1-11-8(9-5-3-4-6-16-9)7-10-12-14-15(2)13-10/h8-9,11H,3-7H2,1-2H3. The first-order chi connectivity index (χ1) is 7.79. The van der Waals surface area contributed by atoms with Gasteiger partial charge < -0.3 is 10.1 Å². The van der Waals surface area contributed by atoms with Crippen LogP contribution in [0.1, 0.15) is 25.1 Å². The van der Waals surface area contributed by atoms with E-state index in [1.165, 1.54) is 17.6 Å². The molecule has 1 aromatic heterocycles. The molecule has 2 atom stereocenters.